The maximum absolute atomic E-state index is 11.8. The normalized spacial score (nSPS) is 13.9. The molecule has 1 amide bonds. The number of carboxylic acids is 1. The summed E-state index contributed by atoms with van der Waals surface area (Å²) in [5, 5.41) is 14.0. The number of amides is 1. The Kier molecular flexibility index (Phi) is 4.05. The lowest BCUT2D eigenvalue weighted by molar-refractivity contribution is -0.403. The largest absolute Gasteiger partial charge is 0.548 e. The number of rotatable bonds is 5. The quantitative estimate of drug-likeness (QED) is 0.622. The van der Waals surface area contributed by atoms with Gasteiger partial charge >= 0.3 is 0 Å². The minimum atomic E-state index is -1.31. The second-order valence-corrected chi connectivity index (χ2v) is 4.83. The van der Waals surface area contributed by atoms with Crippen molar-refractivity contribution in [1.82, 2.24) is 10.3 Å². The van der Waals surface area contributed by atoms with E-state index >= 15 is 0 Å². The van der Waals surface area contributed by atoms with Crippen molar-refractivity contribution in [3.63, 3.8) is 0 Å². The summed E-state index contributed by atoms with van der Waals surface area (Å²) in [4.78, 5) is 25.6. The van der Waals surface area contributed by atoms with Gasteiger partial charge in [0.2, 0.25) is 0 Å². The highest BCUT2D eigenvalue weighted by atomic mass is 16.4. The Morgan fingerprint density at radius 3 is 2.75 bits per heavy atom. The third kappa shape index (κ3) is 3.16. The van der Waals surface area contributed by atoms with Gasteiger partial charge in [-0.25, -0.2) is 0 Å². The zero-order valence-corrected chi connectivity index (χ0v) is 11.2. The first-order chi connectivity index (χ1) is 9.47. The van der Waals surface area contributed by atoms with Crippen LogP contribution in [0.3, 0.4) is 0 Å². The number of nitrogens with one attached hydrogen (secondary N) is 2. The molecule has 0 bridgehead atoms. The van der Waals surface area contributed by atoms with E-state index in [1.54, 1.807) is 0 Å². The summed E-state index contributed by atoms with van der Waals surface area (Å²) in [6.45, 7) is 1.36. The van der Waals surface area contributed by atoms with E-state index < -0.39 is 24.0 Å². The molecule has 0 aliphatic heterocycles. The second-order valence-electron chi connectivity index (χ2n) is 4.83. The van der Waals surface area contributed by atoms with E-state index in [-0.39, 0.29) is 0 Å². The molecule has 2 unspecified atom stereocenters. The van der Waals surface area contributed by atoms with Crippen LogP contribution in [0.4, 0.5) is 0 Å². The van der Waals surface area contributed by atoms with Gasteiger partial charge < -0.3 is 25.9 Å². The highest BCUT2D eigenvalue weighted by Gasteiger charge is 2.20. The average Bonchev–Trinajstić information content (AvgIpc) is 2.80. The van der Waals surface area contributed by atoms with Crippen LogP contribution in [0.2, 0.25) is 0 Å². The molecule has 1 aromatic heterocycles. The molecule has 1 aromatic carbocycles. The molecule has 0 spiro atoms. The Hall–Kier alpha value is -2.34. The number of hydrogen-bond acceptors (Lipinski definition) is 3. The molecule has 2 atom stereocenters. The van der Waals surface area contributed by atoms with Crippen molar-refractivity contribution in [2.24, 2.45) is 0 Å². The van der Waals surface area contributed by atoms with Crippen molar-refractivity contribution in [2.45, 2.75) is 25.4 Å². The summed E-state index contributed by atoms with van der Waals surface area (Å²) in [5.41, 5.74) is 5.66. The fourth-order valence-electron chi connectivity index (χ4n) is 1.99. The molecule has 0 saturated carbocycles. The van der Waals surface area contributed by atoms with Gasteiger partial charge in [0.1, 0.15) is 0 Å². The number of carbonyl (C=O) groups is 2. The van der Waals surface area contributed by atoms with Gasteiger partial charge in [0.25, 0.3) is 5.91 Å². The third-order valence-corrected chi connectivity index (χ3v) is 3.14. The zero-order valence-electron chi connectivity index (χ0n) is 11.2. The maximum Gasteiger partial charge on any atom is 0.279 e. The van der Waals surface area contributed by atoms with E-state index in [4.69, 9.17) is 0 Å². The lowest BCUT2D eigenvalue weighted by Crippen LogP contribution is -2.69. The first kappa shape index (κ1) is 14.1. The number of carboxylic acid groups (broad SMARTS) is 1. The molecule has 6 heteroatoms. The van der Waals surface area contributed by atoms with E-state index in [0.717, 1.165) is 16.6 Å². The summed E-state index contributed by atoms with van der Waals surface area (Å²) in [5.74, 6) is -1.71. The van der Waals surface area contributed by atoms with E-state index in [9.17, 15) is 14.7 Å². The van der Waals surface area contributed by atoms with E-state index in [1.807, 2.05) is 30.3 Å². The first-order valence-corrected chi connectivity index (χ1v) is 6.38. The zero-order chi connectivity index (χ0) is 14.7. The molecule has 6 nitrogen and oxygen atoms in total. The Morgan fingerprint density at radius 1 is 1.40 bits per heavy atom. The number of benzene rings is 1. The number of H-pyrrole nitrogens is 1. The molecule has 0 radical (unpaired) electrons. The lowest BCUT2D eigenvalue weighted by atomic mass is 10.1. The van der Waals surface area contributed by atoms with Gasteiger partial charge in [-0.3, -0.25) is 4.79 Å². The van der Waals surface area contributed by atoms with Crippen LogP contribution in [-0.4, -0.2) is 28.9 Å². The molecule has 5 N–H and O–H groups in total. The van der Waals surface area contributed by atoms with E-state index in [0.29, 0.717) is 6.42 Å². The number of aromatic amines is 1. The van der Waals surface area contributed by atoms with Crippen molar-refractivity contribution in [1.29, 1.82) is 0 Å². The number of para-hydroxylation sites is 1. The molecule has 2 rings (SSSR count). The van der Waals surface area contributed by atoms with Crippen molar-refractivity contribution in [3.05, 3.63) is 36.0 Å². The lowest BCUT2D eigenvalue weighted by Gasteiger charge is -2.16. The van der Waals surface area contributed by atoms with E-state index in [1.165, 1.54) is 6.92 Å². The molecule has 0 aliphatic carbocycles. The Morgan fingerprint density at radius 2 is 2.10 bits per heavy atom. The smallest absolute Gasteiger partial charge is 0.279 e. The van der Waals surface area contributed by atoms with Crippen LogP contribution in [0.5, 0.6) is 0 Å². The SMILES string of the molecule is CC(NC(=O)C([NH3+])Cc1cc2ccccc2[nH]1)C(=O)[O-]. The van der Waals surface area contributed by atoms with Gasteiger partial charge in [-0.05, 0) is 24.4 Å². The Bertz CT molecular complexity index is 602. The average molecular weight is 275 g/mol. The van der Waals surface area contributed by atoms with Crippen LogP contribution >= 0.6 is 0 Å². The number of carbonyl (C=O) groups excluding carboxylic acids is 2. The number of quaternary nitrogens is 1. The summed E-state index contributed by atoms with van der Waals surface area (Å²) in [6.07, 6.45) is 0.417. The standard InChI is InChI=1S/C14H17N3O3/c1-8(14(19)20)16-13(18)11(15)7-10-6-9-4-2-3-5-12(9)17-10/h2-6,8,11,17H,7,15H2,1H3,(H,16,18)(H,19,20). The second kappa shape index (κ2) is 5.75. The van der Waals surface area contributed by atoms with Crippen LogP contribution in [0.15, 0.2) is 30.3 Å². The first-order valence-electron chi connectivity index (χ1n) is 6.38. The predicted octanol–water partition coefficient (Wildman–Crippen LogP) is -1.42. The minimum Gasteiger partial charge on any atom is -0.548 e. The minimum absolute atomic E-state index is 0.402. The van der Waals surface area contributed by atoms with Gasteiger partial charge in [-0.2, -0.15) is 0 Å². The number of aliphatic carboxylic acids is 1. The fourth-order valence-corrected chi connectivity index (χ4v) is 1.99. The van der Waals surface area contributed by atoms with Crippen molar-refractivity contribution < 1.29 is 20.4 Å². The van der Waals surface area contributed by atoms with Crippen molar-refractivity contribution >= 4 is 22.8 Å². The summed E-state index contributed by atoms with van der Waals surface area (Å²) in [6, 6.07) is 8.18. The predicted molar refractivity (Wildman–Crippen MR) is 71.3 cm³/mol. The summed E-state index contributed by atoms with van der Waals surface area (Å²) in [7, 11) is 0. The molecule has 0 saturated heterocycles. The molecule has 20 heavy (non-hydrogen) atoms. The third-order valence-electron chi connectivity index (χ3n) is 3.14. The fraction of sp³-hybridized carbons (Fsp3) is 0.286. The van der Waals surface area contributed by atoms with Crippen LogP contribution in [0, 0.1) is 0 Å². The molecule has 0 fully saturated rings. The van der Waals surface area contributed by atoms with E-state index in [2.05, 4.69) is 16.0 Å². The highest BCUT2D eigenvalue weighted by Crippen LogP contribution is 2.15. The van der Waals surface area contributed by atoms with Gasteiger partial charge in [0.15, 0.2) is 6.04 Å². The van der Waals surface area contributed by atoms with Gasteiger partial charge in [-0.1, -0.05) is 18.2 Å². The van der Waals surface area contributed by atoms with Crippen LogP contribution < -0.4 is 16.2 Å². The number of aromatic nitrogens is 1. The molecule has 1 heterocycles. The van der Waals surface area contributed by atoms with Crippen molar-refractivity contribution in [3.8, 4) is 0 Å². The van der Waals surface area contributed by atoms with Crippen LogP contribution in [0.1, 0.15) is 12.6 Å². The maximum atomic E-state index is 11.8. The number of fused-ring (bicyclic) bond motifs is 1. The monoisotopic (exact) mass is 275 g/mol. The Labute approximate surface area is 116 Å². The summed E-state index contributed by atoms with van der Waals surface area (Å²) >= 11 is 0. The molecule has 106 valence electrons. The molecular weight excluding hydrogens is 258 g/mol. The number of hydrogen-bond donors (Lipinski definition) is 3. The molecule has 0 aliphatic rings. The van der Waals surface area contributed by atoms with Crippen LogP contribution in [-0.2, 0) is 16.0 Å². The topological polar surface area (TPSA) is 113 Å². The van der Waals surface area contributed by atoms with Gasteiger partial charge in [0, 0.05) is 17.6 Å². The highest BCUT2D eigenvalue weighted by molar-refractivity contribution is 5.85. The van der Waals surface area contributed by atoms with Gasteiger partial charge in [0.05, 0.1) is 12.0 Å². The Balaban J connectivity index is 2.01. The van der Waals surface area contributed by atoms with Gasteiger partial charge in [-0.15, -0.1) is 0 Å². The van der Waals surface area contributed by atoms with Crippen molar-refractivity contribution in [2.75, 3.05) is 0 Å². The summed E-state index contributed by atoms with van der Waals surface area (Å²) < 4.78 is 0. The van der Waals surface area contributed by atoms with Crippen LogP contribution in [0.25, 0.3) is 10.9 Å². The molecule has 2 aromatic rings. The molecular formula is C14H17N3O3.